The predicted molar refractivity (Wildman–Crippen MR) is 130 cm³/mol. The number of nitrogens with zero attached hydrogens (tertiary/aromatic N) is 2. The van der Waals surface area contributed by atoms with E-state index in [4.69, 9.17) is 25.9 Å². The average molecular weight is 504 g/mol. The number of benzene rings is 2. The zero-order chi connectivity index (χ0) is 23.8. The molecule has 33 heavy (non-hydrogen) atoms. The molecule has 0 unspecified atom stereocenters. The van der Waals surface area contributed by atoms with Crippen molar-refractivity contribution < 1.29 is 22.1 Å². The van der Waals surface area contributed by atoms with Gasteiger partial charge in [0.25, 0.3) is 5.91 Å². The molecule has 0 fully saturated rings. The van der Waals surface area contributed by atoms with Gasteiger partial charge in [-0.1, -0.05) is 53.7 Å². The molecular formula is C22H18ClN3O5S2. The van der Waals surface area contributed by atoms with Crippen molar-refractivity contribution in [3.63, 3.8) is 0 Å². The van der Waals surface area contributed by atoms with Crippen molar-refractivity contribution in [1.29, 1.82) is 5.41 Å². The molecule has 2 heterocycles. The highest BCUT2D eigenvalue weighted by Gasteiger charge is 2.36. The number of ether oxygens (including phenoxy) is 1. The van der Waals surface area contributed by atoms with Gasteiger partial charge in [-0.2, -0.15) is 13.4 Å². The van der Waals surface area contributed by atoms with Gasteiger partial charge in [0.2, 0.25) is 5.75 Å². The third kappa shape index (κ3) is 4.82. The summed E-state index contributed by atoms with van der Waals surface area (Å²) in [5, 5.41) is 11.0. The van der Waals surface area contributed by atoms with Crippen molar-refractivity contribution in [2.45, 2.75) is 6.92 Å². The first-order valence-electron chi connectivity index (χ1n) is 9.69. The molecule has 0 saturated heterocycles. The molecule has 2 aliphatic rings. The number of aliphatic imine (C=N–C) groups is 1. The van der Waals surface area contributed by atoms with E-state index < -0.39 is 16.0 Å². The van der Waals surface area contributed by atoms with Crippen molar-refractivity contribution in [1.82, 2.24) is 4.90 Å². The van der Waals surface area contributed by atoms with Crippen LogP contribution >= 0.6 is 23.4 Å². The summed E-state index contributed by atoms with van der Waals surface area (Å²) in [5.41, 5.74) is 2.11. The Labute approximate surface area is 200 Å². The summed E-state index contributed by atoms with van der Waals surface area (Å²) in [5.74, 6) is -0.635. The Morgan fingerprint density at radius 3 is 2.64 bits per heavy atom. The van der Waals surface area contributed by atoms with Crippen LogP contribution in [0.2, 0.25) is 5.02 Å². The fourth-order valence-electron chi connectivity index (χ4n) is 3.25. The summed E-state index contributed by atoms with van der Waals surface area (Å²) < 4.78 is 33.7. The van der Waals surface area contributed by atoms with E-state index in [1.54, 1.807) is 11.8 Å². The minimum Gasteiger partial charge on any atom is -0.490 e. The maximum atomic E-state index is 12.7. The topological polar surface area (TPSA) is 109 Å². The van der Waals surface area contributed by atoms with Gasteiger partial charge in [-0.25, -0.2) is 0 Å². The van der Waals surface area contributed by atoms with Gasteiger partial charge in [-0.05, 0) is 36.3 Å². The van der Waals surface area contributed by atoms with Gasteiger partial charge < -0.3 is 8.92 Å². The largest absolute Gasteiger partial charge is 0.490 e. The van der Waals surface area contributed by atoms with Crippen LogP contribution in [0.25, 0.3) is 11.8 Å². The molecule has 0 aliphatic carbocycles. The monoisotopic (exact) mass is 503 g/mol. The van der Waals surface area contributed by atoms with E-state index in [1.807, 2.05) is 35.7 Å². The zero-order valence-electron chi connectivity index (χ0n) is 17.5. The smallest absolute Gasteiger partial charge is 0.306 e. The molecule has 11 heteroatoms. The van der Waals surface area contributed by atoms with Crippen LogP contribution in [0.1, 0.15) is 18.1 Å². The second kappa shape index (κ2) is 9.05. The predicted octanol–water partition coefficient (Wildman–Crippen LogP) is 4.38. The number of thioether (sulfide) groups is 1. The number of carbonyl (C=O) groups is 1. The summed E-state index contributed by atoms with van der Waals surface area (Å²) in [4.78, 5) is 18.5. The molecule has 0 spiro atoms. The lowest BCUT2D eigenvalue weighted by molar-refractivity contribution is -0.114. The quantitative estimate of drug-likeness (QED) is 0.460. The number of hydrogen-bond donors (Lipinski definition) is 1. The normalized spacial score (nSPS) is 17.1. The number of hydrogen-bond acceptors (Lipinski definition) is 7. The Morgan fingerprint density at radius 1 is 1.24 bits per heavy atom. The molecule has 2 aromatic rings. The molecular weight excluding hydrogens is 486 g/mol. The first kappa shape index (κ1) is 23.1. The van der Waals surface area contributed by atoms with Crippen LogP contribution in [-0.4, -0.2) is 43.1 Å². The van der Waals surface area contributed by atoms with Gasteiger partial charge in [0, 0.05) is 5.41 Å². The van der Waals surface area contributed by atoms with Crippen molar-refractivity contribution >= 4 is 62.2 Å². The molecule has 4 rings (SSSR count). The molecule has 8 nitrogen and oxygen atoms in total. The molecule has 1 amide bonds. The lowest BCUT2D eigenvalue weighted by atomic mass is 10.1. The Bertz CT molecular complexity index is 1350. The van der Waals surface area contributed by atoms with Crippen LogP contribution in [0, 0.1) is 5.41 Å². The number of amidine groups is 2. The maximum absolute atomic E-state index is 12.7. The van der Waals surface area contributed by atoms with E-state index in [2.05, 4.69) is 4.99 Å². The third-order valence-electron chi connectivity index (χ3n) is 4.56. The van der Waals surface area contributed by atoms with Crippen LogP contribution in [-0.2, 0) is 14.9 Å². The summed E-state index contributed by atoms with van der Waals surface area (Å²) >= 11 is 7.55. The highest BCUT2D eigenvalue weighted by Crippen LogP contribution is 2.40. The standard InChI is InChI=1S/C22H18ClN3O5S2/c1-3-30-18-11-13(10-16(23)19(18)31-33(2,28)29)9-15-20(24)26-17(14-7-5-4-6-8-14)12-32-22(26)25-21(15)27/h4-12,24H,3H2,1-2H3/b15-9+,24-20?. The average Bonchev–Trinajstić information content (AvgIpc) is 3.17. The van der Waals surface area contributed by atoms with Gasteiger partial charge in [0.05, 0.1) is 29.2 Å². The van der Waals surface area contributed by atoms with Gasteiger partial charge in [0.1, 0.15) is 5.84 Å². The number of halogens is 1. The lowest BCUT2D eigenvalue weighted by Gasteiger charge is -2.27. The Kier molecular flexibility index (Phi) is 6.33. The highest BCUT2D eigenvalue weighted by atomic mass is 35.5. The minimum atomic E-state index is -3.84. The fraction of sp³-hybridized carbons (Fsp3) is 0.136. The van der Waals surface area contributed by atoms with E-state index >= 15 is 0 Å². The number of rotatable bonds is 6. The number of carbonyl (C=O) groups excluding carboxylic acids is 1. The SMILES string of the molecule is CCOc1cc(/C=C2\C(=N)N3C(c4ccccc4)=CSC3=NC2=O)cc(Cl)c1OS(C)(=O)=O. The van der Waals surface area contributed by atoms with E-state index in [0.29, 0.717) is 10.7 Å². The molecule has 0 bridgehead atoms. The van der Waals surface area contributed by atoms with Crippen molar-refractivity contribution in [2.24, 2.45) is 4.99 Å². The van der Waals surface area contributed by atoms with Gasteiger partial charge >= 0.3 is 10.1 Å². The molecule has 0 radical (unpaired) electrons. The first-order valence-corrected chi connectivity index (χ1v) is 12.8. The van der Waals surface area contributed by atoms with Gasteiger partial charge in [0.15, 0.2) is 10.9 Å². The Balaban J connectivity index is 1.74. The molecule has 0 saturated carbocycles. The molecule has 2 aromatic carbocycles. The summed E-state index contributed by atoms with van der Waals surface area (Å²) in [6, 6.07) is 12.4. The second-order valence-electron chi connectivity index (χ2n) is 6.98. The Hall–Kier alpha value is -3.08. The van der Waals surface area contributed by atoms with Crippen molar-refractivity contribution in [3.05, 3.63) is 69.6 Å². The summed E-state index contributed by atoms with van der Waals surface area (Å²) in [6.07, 6.45) is 2.37. The Morgan fingerprint density at radius 2 is 1.97 bits per heavy atom. The van der Waals surface area contributed by atoms with Crippen molar-refractivity contribution in [3.8, 4) is 11.5 Å². The van der Waals surface area contributed by atoms with Crippen LogP contribution < -0.4 is 8.92 Å². The van der Waals surface area contributed by atoms with Crippen molar-refractivity contribution in [2.75, 3.05) is 12.9 Å². The maximum Gasteiger partial charge on any atom is 0.306 e. The van der Waals surface area contributed by atoms with Gasteiger partial charge in [-0.3, -0.25) is 15.1 Å². The van der Waals surface area contributed by atoms with Gasteiger partial charge in [-0.15, -0.1) is 0 Å². The third-order valence-corrected chi connectivity index (χ3v) is 6.14. The zero-order valence-corrected chi connectivity index (χ0v) is 19.9. The van der Waals surface area contributed by atoms with E-state index in [1.165, 1.54) is 30.0 Å². The van der Waals surface area contributed by atoms with E-state index in [9.17, 15) is 13.2 Å². The first-order chi connectivity index (χ1) is 15.7. The molecule has 0 aromatic heterocycles. The molecule has 1 N–H and O–H groups in total. The molecule has 0 atom stereocenters. The summed E-state index contributed by atoms with van der Waals surface area (Å²) in [6.45, 7) is 1.96. The van der Waals surface area contributed by atoms with E-state index in [-0.39, 0.29) is 34.5 Å². The summed E-state index contributed by atoms with van der Waals surface area (Å²) in [7, 11) is -3.84. The van der Waals surface area contributed by atoms with Crippen LogP contribution in [0.3, 0.4) is 0 Å². The molecule has 170 valence electrons. The fourth-order valence-corrected chi connectivity index (χ4v) is 4.91. The number of nitrogens with one attached hydrogen (secondary N) is 1. The van der Waals surface area contributed by atoms with Crippen LogP contribution in [0.4, 0.5) is 0 Å². The highest BCUT2D eigenvalue weighted by molar-refractivity contribution is 8.17. The minimum absolute atomic E-state index is 0.0150. The number of fused-ring (bicyclic) bond motifs is 1. The van der Waals surface area contributed by atoms with Crippen LogP contribution in [0.5, 0.6) is 11.5 Å². The molecule has 2 aliphatic heterocycles. The lowest BCUT2D eigenvalue weighted by Crippen LogP contribution is -2.38. The number of amides is 1. The second-order valence-corrected chi connectivity index (χ2v) is 9.80. The van der Waals surface area contributed by atoms with Crippen LogP contribution in [0.15, 0.2) is 58.4 Å². The van der Waals surface area contributed by atoms with E-state index in [0.717, 1.165) is 17.5 Å².